The van der Waals surface area contributed by atoms with Gasteiger partial charge in [-0.05, 0) is 55.2 Å². The summed E-state index contributed by atoms with van der Waals surface area (Å²) in [4.78, 5) is 30.7. The van der Waals surface area contributed by atoms with Gasteiger partial charge >= 0.3 is 5.97 Å². The van der Waals surface area contributed by atoms with Gasteiger partial charge in [-0.15, -0.1) is 0 Å². The first-order chi connectivity index (χ1) is 12.5. The van der Waals surface area contributed by atoms with Crippen LogP contribution in [0.1, 0.15) is 44.9 Å². The Hall–Kier alpha value is -2.69. The summed E-state index contributed by atoms with van der Waals surface area (Å²) in [7, 11) is 1.39. The van der Waals surface area contributed by atoms with Crippen molar-refractivity contribution in [3.63, 3.8) is 0 Å². The normalized spacial score (nSPS) is 13.3. The van der Waals surface area contributed by atoms with E-state index in [1.54, 1.807) is 0 Å². The van der Waals surface area contributed by atoms with Gasteiger partial charge in [0.1, 0.15) is 0 Å². The van der Waals surface area contributed by atoms with Gasteiger partial charge in [0.05, 0.1) is 25.8 Å². The highest BCUT2D eigenvalue weighted by Crippen LogP contribution is 2.21. The van der Waals surface area contributed by atoms with Gasteiger partial charge < -0.3 is 9.64 Å². The Morgan fingerprint density at radius 2 is 1.96 bits per heavy atom. The lowest BCUT2D eigenvalue weighted by atomic mass is 10.0. The second-order valence-corrected chi connectivity index (χ2v) is 6.76. The smallest absolute Gasteiger partial charge is 0.305 e. The highest BCUT2D eigenvalue weighted by molar-refractivity contribution is 5.94. The predicted octanol–water partition coefficient (Wildman–Crippen LogP) is 3.00. The number of rotatable bonds is 4. The van der Waals surface area contributed by atoms with Crippen LogP contribution in [0.3, 0.4) is 0 Å². The lowest BCUT2D eigenvalue weighted by molar-refractivity contribution is -0.140. The summed E-state index contributed by atoms with van der Waals surface area (Å²) < 4.78 is 4.68. The van der Waals surface area contributed by atoms with Crippen LogP contribution in [-0.2, 0) is 28.9 Å². The van der Waals surface area contributed by atoms with Gasteiger partial charge in [0.2, 0.25) is 0 Å². The highest BCUT2D eigenvalue weighted by Gasteiger charge is 2.23. The number of esters is 1. The third kappa shape index (κ3) is 3.93. The number of fused-ring (bicyclic) bond motifs is 1. The summed E-state index contributed by atoms with van der Waals surface area (Å²) in [5.41, 5.74) is 5.98. The molecule has 0 spiro atoms. The van der Waals surface area contributed by atoms with Crippen molar-refractivity contribution >= 4 is 11.9 Å². The number of methoxy groups -OCH3 is 1. The second kappa shape index (κ2) is 7.68. The fourth-order valence-corrected chi connectivity index (χ4v) is 3.16. The molecule has 1 aromatic carbocycles. The number of pyridine rings is 1. The summed E-state index contributed by atoms with van der Waals surface area (Å²) in [6.45, 7) is 5.27. The number of carbonyl (C=O) groups excluding carboxylic acids is 2. The first-order valence-corrected chi connectivity index (χ1v) is 8.89. The summed E-state index contributed by atoms with van der Waals surface area (Å²) in [6, 6.07) is 9.85. The van der Waals surface area contributed by atoms with Gasteiger partial charge in [-0.2, -0.15) is 0 Å². The summed E-state index contributed by atoms with van der Waals surface area (Å²) >= 11 is 0. The van der Waals surface area contributed by atoms with Gasteiger partial charge in [0, 0.05) is 24.2 Å². The highest BCUT2D eigenvalue weighted by atomic mass is 16.5. The number of amides is 1. The first-order valence-electron chi connectivity index (χ1n) is 8.89. The zero-order chi connectivity index (χ0) is 18.7. The van der Waals surface area contributed by atoms with Gasteiger partial charge in [-0.1, -0.05) is 12.1 Å². The Labute approximate surface area is 154 Å². The van der Waals surface area contributed by atoms with E-state index in [-0.39, 0.29) is 11.9 Å². The third-order valence-corrected chi connectivity index (χ3v) is 4.97. The average molecular weight is 352 g/mol. The molecule has 3 rings (SSSR count). The van der Waals surface area contributed by atoms with Crippen LogP contribution in [0, 0.1) is 13.8 Å². The molecular weight excluding hydrogens is 328 g/mol. The van der Waals surface area contributed by atoms with Gasteiger partial charge in [0.15, 0.2) is 0 Å². The molecule has 1 aliphatic heterocycles. The van der Waals surface area contributed by atoms with E-state index < -0.39 is 0 Å². The first kappa shape index (κ1) is 18.1. The van der Waals surface area contributed by atoms with E-state index in [9.17, 15) is 9.59 Å². The molecular formula is C21H24N2O3. The molecule has 0 unspecified atom stereocenters. The van der Waals surface area contributed by atoms with Crippen LogP contribution < -0.4 is 0 Å². The van der Waals surface area contributed by atoms with E-state index >= 15 is 0 Å². The number of ether oxygens (including phenoxy) is 1. The molecule has 1 amide bonds. The van der Waals surface area contributed by atoms with Crippen LogP contribution in [0.25, 0.3) is 0 Å². The third-order valence-electron chi connectivity index (χ3n) is 4.97. The minimum atomic E-state index is -0.240. The maximum atomic E-state index is 12.8. The maximum absolute atomic E-state index is 12.8. The number of nitrogens with zero attached hydrogens (tertiary/aromatic N) is 2. The molecule has 0 fully saturated rings. The molecule has 0 bridgehead atoms. The Kier molecular flexibility index (Phi) is 5.35. The molecule has 1 aromatic heterocycles. The Bertz CT molecular complexity index is 845. The van der Waals surface area contributed by atoms with Crippen LogP contribution in [0.2, 0.25) is 0 Å². The van der Waals surface area contributed by atoms with Crippen molar-refractivity contribution in [3.8, 4) is 0 Å². The Morgan fingerprint density at radius 3 is 2.69 bits per heavy atom. The largest absolute Gasteiger partial charge is 0.469 e. The van der Waals surface area contributed by atoms with Crippen molar-refractivity contribution in [1.29, 1.82) is 0 Å². The number of aromatic nitrogens is 1. The van der Waals surface area contributed by atoms with Crippen molar-refractivity contribution in [2.24, 2.45) is 0 Å². The molecule has 0 atom stereocenters. The van der Waals surface area contributed by atoms with Gasteiger partial charge in [0.25, 0.3) is 5.91 Å². The number of hydrogen-bond acceptors (Lipinski definition) is 4. The minimum Gasteiger partial charge on any atom is -0.469 e. The van der Waals surface area contributed by atoms with Crippen molar-refractivity contribution in [1.82, 2.24) is 9.88 Å². The fraction of sp³-hybridized carbons (Fsp3) is 0.381. The number of aryl methyl sites for hydroxylation is 3. The van der Waals surface area contributed by atoms with E-state index in [1.165, 1.54) is 18.2 Å². The van der Waals surface area contributed by atoms with Crippen molar-refractivity contribution in [2.45, 2.75) is 39.7 Å². The van der Waals surface area contributed by atoms with Gasteiger partial charge in [-0.3, -0.25) is 14.6 Å². The molecule has 2 aromatic rings. The lowest BCUT2D eigenvalue weighted by Crippen LogP contribution is -2.36. The summed E-state index contributed by atoms with van der Waals surface area (Å²) in [5, 5.41) is 0. The van der Waals surface area contributed by atoms with Crippen LogP contribution >= 0.6 is 0 Å². The maximum Gasteiger partial charge on any atom is 0.305 e. The minimum absolute atomic E-state index is 0.0421. The second-order valence-electron chi connectivity index (χ2n) is 6.76. The summed E-state index contributed by atoms with van der Waals surface area (Å²) in [5.74, 6) is -0.198. The zero-order valence-corrected chi connectivity index (χ0v) is 15.5. The topological polar surface area (TPSA) is 59.5 Å². The van der Waals surface area contributed by atoms with Crippen molar-refractivity contribution < 1.29 is 14.3 Å². The quantitative estimate of drug-likeness (QED) is 0.794. The molecule has 5 heteroatoms. The van der Waals surface area contributed by atoms with Gasteiger partial charge in [-0.25, -0.2) is 0 Å². The molecule has 26 heavy (non-hydrogen) atoms. The van der Waals surface area contributed by atoms with Crippen LogP contribution in [-0.4, -0.2) is 35.4 Å². The standard InChI is InChI=1S/C21H24N2O3/c1-14-4-5-17(12-15(14)2)21(25)23-11-10-16-6-7-18(22-19(16)13-23)8-9-20(24)26-3/h4-7,12H,8-11,13H2,1-3H3. The van der Waals surface area contributed by atoms with Crippen LogP contribution in [0.15, 0.2) is 30.3 Å². The zero-order valence-electron chi connectivity index (χ0n) is 15.5. The van der Waals surface area contributed by atoms with Crippen LogP contribution in [0.4, 0.5) is 0 Å². The molecule has 2 heterocycles. The Balaban J connectivity index is 1.74. The molecule has 0 radical (unpaired) electrons. The number of hydrogen-bond donors (Lipinski definition) is 0. The lowest BCUT2D eigenvalue weighted by Gasteiger charge is -2.28. The molecule has 136 valence electrons. The molecule has 0 saturated carbocycles. The van der Waals surface area contributed by atoms with Crippen molar-refractivity contribution in [2.75, 3.05) is 13.7 Å². The van der Waals surface area contributed by atoms with E-state index in [0.717, 1.165) is 28.9 Å². The number of carbonyl (C=O) groups is 2. The van der Waals surface area contributed by atoms with Crippen LogP contribution in [0.5, 0.6) is 0 Å². The van der Waals surface area contributed by atoms with Crippen molar-refractivity contribution in [3.05, 3.63) is 64.0 Å². The van der Waals surface area contributed by atoms with E-state index in [1.807, 2.05) is 43.0 Å². The molecule has 0 N–H and O–H groups in total. The van der Waals surface area contributed by atoms with E-state index in [0.29, 0.717) is 25.9 Å². The molecule has 1 aliphatic rings. The van der Waals surface area contributed by atoms with E-state index in [4.69, 9.17) is 0 Å². The van der Waals surface area contributed by atoms with E-state index in [2.05, 4.69) is 15.8 Å². The average Bonchev–Trinajstić information content (AvgIpc) is 2.66. The molecule has 0 saturated heterocycles. The fourth-order valence-electron chi connectivity index (χ4n) is 3.16. The number of benzene rings is 1. The Morgan fingerprint density at radius 1 is 1.15 bits per heavy atom. The summed E-state index contributed by atoms with van der Waals surface area (Å²) in [6.07, 6.45) is 1.66. The SMILES string of the molecule is COC(=O)CCc1ccc2c(n1)CN(C(=O)c1ccc(C)c(C)c1)CC2. The molecule has 0 aliphatic carbocycles. The molecule has 5 nitrogen and oxygen atoms in total. The monoisotopic (exact) mass is 352 g/mol. The predicted molar refractivity (Wildman–Crippen MR) is 98.9 cm³/mol.